The van der Waals surface area contributed by atoms with Crippen LogP contribution < -0.4 is 0 Å². The minimum atomic E-state index is 0.878. The third kappa shape index (κ3) is 3.58. The van der Waals surface area contributed by atoms with Gasteiger partial charge >= 0.3 is 0 Å². The molecule has 2 nitrogen and oxygen atoms in total. The molecule has 0 saturated heterocycles. The molecule has 0 heterocycles. The Balaban J connectivity index is 2.88. The summed E-state index contributed by atoms with van der Waals surface area (Å²) >= 11 is 0. The van der Waals surface area contributed by atoms with Gasteiger partial charge in [-0.05, 0) is 24.5 Å². The molecule has 0 spiro atoms. The van der Waals surface area contributed by atoms with Gasteiger partial charge in [-0.1, -0.05) is 48.5 Å². The van der Waals surface area contributed by atoms with Crippen molar-refractivity contribution in [1.29, 1.82) is 0 Å². The smallest absolute Gasteiger partial charge is 0.106 e. The Morgan fingerprint density at radius 3 is 2.53 bits per heavy atom. The van der Waals surface area contributed by atoms with E-state index < -0.39 is 0 Å². The van der Waals surface area contributed by atoms with E-state index in [1.165, 1.54) is 5.56 Å². The molecule has 0 aromatic heterocycles. The lowest BCUT2D eigenvalue weighted by Gasteiger charge is -2.02. The van der Waals surface area contributed by atoms with Gasteiger partial charge in [0.25, 0.3) is 0 Å². The summed E-state index contributed by atoms with van der Waals surface area (Å²) in [5, 5.41) is 3.99. The Hall–Kier alpha value is -1.57. The summed E-state index contributed by atoms with van der Waals surface area (Å²) in [4.78, 5) is 4.80. The highest BCUT2D eigenvalue weighted by molar-refractivity contribution is 6.02. The minimum absolute atomic E-state index is 0.878. The van der Waals surface area contributed by atoms with Crippen molar-refractivity contribution in [1.82, 2.24) is 0 Å². The van der Waals surface area contributed by atoms with Crippen molar-refractivity contribution in [3.8, 4) is 0 Å². The lowest BCUT2D eigenvalue weighted by molar-refractivity contribution is 0.213. The van der Waals surface area contributed by atoms with Gasteiger partial charge in [0, 0.05) is 0 Å². The van der Waals surface area contributed by atoms with E-state index >= 15 is 0 Å². The fourth-order valence-electron chi connectivity index (χ4n) is 1.41. The third-order valence-electron chi connectivity index (χ3n) is 2.17. The lowest BCUT2D eigenvalue weighted by Crippen LogP contribution is -1.98. The van der Waals surface area contributed by atoms with E-state index in [1.54, 1.807) is 7.11 Å². The van der Waals surface area contributed by atoms with Crippen LogP contribution in [-0.2, 0) is 4.84 Å². The highest BCUT2D eigenvalue weighted by Gasteiger charge is 1.99. The molecule has 0 saturated carbocycles. The highest BCUT2D eigenvalue weighted by Crippen LogP contribution is 2.09. The molecular formula is C13H17NO. The van der Waals surface area contributed by atoms with Crippen LogP contribution in [0.15, 0.2) is 41.1 Å². The fraction of sp³-hybridized carbons (Fsp3) is 0.308. The van der Waals surface area contributed by atoms with Crippen molar-refractivity contribution in [2.75, 3.05) is 7.11 Å². The normalized spacial score (nSPS) is 12.7. The number of oxime groups is 1. The number of nitrogens with zero attached hydrogens (tertiary/aromatic N) is 1. The summed E-state index contributed by atoms with van der Waals surface area (Å²) in [5.74, 6) is 0. The fourth-order valence-corrected chi connectivity index (χ4v) is 1.41. The zero-order chi connectivity index (χ0) is 11.1. The Morgan fingerprint density at radius 1 is 1.33 bits per heavy atom. The zero-order valence-corrected chi connectivity index (χ0v) is 9.53. The largest absolute Gasteiger partial charge is 0.399 e. The van der Waals surface area contributed by atoms with Crippen LogP contribution in [0.5, 0.6) is 0 Å². The minimum Gasteiger partial charge on any atom is -0.399 e. The van der Waals surface area contributed by atoms with Crippen LogP contribution in [-0.4, -0.2) is 12.8 Å². The summed E-state index contributed by atoms with van der Waals surface area (Å²) in [6.07, 6.45) is 2.99. The number of hydrogen-bond acceptors (Lipinski definition) is 2. The van der Waals surface area contributed by atoms with E-state index in [0.29, 0.717) is 0 Å². The van der Waals surface area contributed by atoms with Crippen LogP contribution in [0, 0.1) is 0 Å². The van der Waals surface area contributed by atoms with Crippen molar-refractivity contribution in [2.24, 2.45) is 5.16 Å². The second kappa shape index (κ2) is 6.02. The molecule has 0 aliphatic carbocycles. The van der Waals surface area contributed by atoms with E-state index in [2.05, 4.69) is 30.3 Å². The maximum atomic E-state index is 4.80. The van der Waals surface area contributed by atoms with Crippen molar-refractivity contribution >= 4 is 11.8 Å². The molecule has 1 aromatic carbocycles. The molecule has 0 fully saturated rings. The van der Waals surface area contributed by atoms with Crippen molar-refractivity contribution in [3.05, 3.63) is 41.5 Å². The number of benzene rings is 1. The zero-order valence-electron chi connectivity index (χ0n) is 9.53. The molecule has 1 rings (SSSR count). The average Bonchev–Trinajstić information content (AvgIpc) is 2.27. The summed E-state index contributed by atoms with van der Waals surface area (Å²) in [7, 11) is 1.57. The van der Waals surface area contributed by atoms with Crippen LogP contribution in [0.25, 0.3) is 6.08 Å². The first-order valence-corrected chi connectivity index (χ1v) is 5.11. The first-order chi connectivity index (χ1) is 7.27. The van der Waals surface area contributed by atoms with Gasteiger partial charge in [-0.25, -0.2) is 0 Å². The van der Waals surface area contributed by atoms with E-state index in [9.17, 15) is 0 Å². The van der Waals surface area contributed by atoms with Gasteiger partial charge in [-0.2, -0.15) is 0 Å². The number of rotatable bonds is 4. The first kappa shape index (κ1) is 11.5. The van der Waals surface area contributed by atoms with Gasteiger partial charge < -0.3 is 4.84 Å². The van der Waals surface area contributed by atoms with Crippen LogP contribution in [0.3, 0.4) is 0 Å². The quantitative estimate of drug-likeness (QED) is 0.542. The molecule has 80 valence electrons. The molecule has 0 N–H and O–H groups in total. The highest BCUT2D eigenvalue weighted by atomic mass is 16.6. The van der Waals surface area contributed by atoms with Crippen LogP contribution in [0.2, 0.25) is 0 Å². The molecule has 0 radical (unpaired) electrons. The Bertz CT molecular complexity index is 352. The van der Waals surface area contributed by atoms with Crippen LogP contribution >= 0.6 is 0 Å². The first-order valence-electron chi connectivity index (χ1n) is 5.11. The van der Waals surface area contributed by atoms with Crippen LogP contribution in [0.4, 0.5) is 0 Å². The van der Waals surface area contributed by atoms with E-state index in [0.717, 1.165) is 17.7 Å². The van der Waals surface area contributed by atoms with Gasteiger partial charge in [0.2, 0.25) is 0 Å². The summed E-state index contributed by atoms with van der Waals surface area (Å²) in [6, 6.07) is 10.2. The van der Waals surface area contributed by atoms with Gasteiger partial charge in [0.1, 0.15) is 7.11 Å². The van der Waals surface area contributed by atoms with Gasteiger partial charge in [0.15, 0.2) is 0 Å². The van der Waals surface area contributed by atoms with Crippen molar-refractivity contribution in [2.45, 2.75) is 20.3 Å². The summed E-state index contributed by atoms with van der Waals surface area (Å²) < 4.78 is 0. The van der Waals surface area contributed by atoms with Crippen LogP contribution in [0.1, 0.15) is 25.8 Å². The molecule has 2 heteroatoms. The number of allylic oxidation sites excluding steroid dienone is 1. The molecule has 0 amide bonds. The molecule has 0 aliphatic heterocycles. The van der Waals surface area contributed by atoms with E-state index in [-0.39, 0.29) is 0 Å². The Labute approximate surface area is 91.3 Å². The lowest BCUT2D eigenvalue weighted by atomic mass is 10.1. The van der Waals surface area contributed by atoms with E-state index in [1.807, 2.05) is 25.1 Å². The maximum absolute atomic E-state index is 4.80. The molecule has 15 heavy (non-hydrogen) atoms. The summed E-state index contributed by atoms with van der Waals surface area (Å²) in [5.41, 5.74) is 3.32. The predicted molar refractivity (Wildman–Crippen MR) is 64.8 cm³/mol. The Morgan fingerprint density at radius 2 is 2.00 bits per heavy atom. The van der Waals surface area contributed by atoms with Crippen molar-refractivity contribution in [3.63, 3.8) is 0 Å². The summed E-state index contributed by atoms with van der Waals surface area (Å²) in [6.45, 7) is 4.12. The SMILES string of the molecule is CCC(=NOC)C(C)=Cc1ccccc1. The molecule has 0 atom stereocenters. The molecule has 0 unspecified atom stereocenters. The third-order valence-corrected chi connectivity index (χ3v) is 2.17. The number of hydrogen-bond donors (Lipinski definition) is 0. The molecular weight excluding hydrogens is 186 g/mol. The molecule has 0 bridgehead atoms. The van der Waals surface area contributed by atoms with Gasteiger partial charge in [-0.15, -0.1) is 0 Å². The monoisotopic (exact) mass is 203 g/mol. The predicted octanol–water partition coefficient (Wildman–Crippen LogP) is 3.50. The second-order valence-electron chi connectivity index (χ2n) is 3.31. The topological polar surface area (TPSA) is 21.6 Å². The maximum Gasteiger partial charge on any atom is 0.106 e. The average molecular weight is 203 g/mol. The van der Waals surface area contributed by atoms with Crippen molar-refractivity contribution < 1.29 is 4.84 Å². The van der Waals surface area contributed by atoms with Gasteiger partial charge in [-0.3, -0.25) is 0 Å². The second-order valence-corrected chi connectivity index (χ2v) is 3.31. The van der Waals surface area contributed by atoms with Gasteiger partial charge in [0.05, 0.1) is 5.71 Å². The Kier molecular flexibility index (Phi) is 4.61. The standard InChI is InChI=1S/C13H17NO/c1-4-13(14-15-3)11(2)10-12-8-6-5-7-9-12/h5-10H,4H2,1-3H3. The molecule has 1 aromatic rings. The van der Waals surface area contributed by atoms with E-state index in [4.69, 9.17) is 4.84 Å². The molecule has 0 aliphatic rings.